The Morgan fingerprint density at radius 3 is 2.95 bits per heavy atom. The maximum atomic E-state index is 12.0. The molecule has 1 spiro atoms. The fourth-order valence-corrected chi connectivity index (χ4v) is 6.37. The van der Waals surface area contributed by atoms with Gasteiger partial charge >= 0.3 is 0 Å². The molecule has 0 N–H and O–H groups in total. The smallest absolute Gasteiger partial charge is 0.214 e. The molecule has 0 unspecified atom stereocenters. The number of sulfonamides is 1. The number of aromatic nitrogens is 1. The lowest BCUT2D eigenvalue weighted by molar-refractivity contribution is 0.0380. The summed E-state index contributed by atoms with van der Waals surface area (Å²) in [5.74, 6) is 1.20. The van der Waals surface area contributed by atoms with E-state index < -0.39 is 10.0 Å². The van der Waals surface area contributed by atoms with E-state index in [1.54, 1.807) is 10.5 Å². The highest BCUT2D eigenvalue weighted by Crippen LogP contribution is 2.47. The second-order valence-electron chi connectivity index (χ2n) is 6.04. The zero-order valence-electron chi connectivity index (χ0n) is 12.8. The van der Waals surface area contributed by atoms with E-state index in [4.69, 9.17) is 4.74 Å². The van der Waals surface area contributed by atoms with Gasteiger partial charge in [-0.15, -0.1) is 11.8 Å². The van der Waals surface area contributed by atoms with Gasteiger partial charge in [0.15, 0.2) is 0 Å². The van der Waals surface area contributed by atoms with Crippen LogP contribution in [-0.2, 0) is 21.4 Å². The maximum absolute atomic E-state index is 12.0. The van der Waals surface area contributed by atoms with E-state index in [-0.39, 0.29) is 16.6 Å². The number of nitrogens with zero attached hydrogens (tertiary/aromatic N) is 2. The molecule has 1 aromatic heterocycles. The van der Waals surface area contributed by atoms with Gasteiger partial charge in [0.25, 0.3) is 0 Å². The number of thioether (sulfide) groups is 1. The molecule has 0 radical (unpaired) electrons. The summed E-state index contributed by atoms with van der Waals surface area (Å²) in [4.78, 5) is 4.26. The SMILES string of the molecule is CCCS(=O)(=O)N1CC2(C[C@@H](OCc3ccccn3)CS2)C1. The third kappa shape index (κ3) is 3.48. The Labute approximate surface area is 136 Å². The average molecular weight is 342 g/mol. The molecule has 122 valence electrons. The first kappa shape index (κ1) is 16.2. The molecular weight excluding hydrogens is 320 g/mol. The van der Waals surface area contributed by atoms with Crippen molar-refractivity contribution in [2.24, 2.45) is 0 Å². The van der Waals surface area contributed by atoms with E-state index in [1.807, 2.05) is 36.9 Å². The second-order valence-corrected chi connectivity index (χ2v) is 9.61. The first-order valence-corrected chi connectivity index (χ1v) is 10.3. The predicted molar refractivity (Wildman–Crippen MR) is 88.3 cm³/mol. The van der Waals surface area contributed by atoms with Crippen LogP contribution in [0.15, 0.2) is 24.4 Å². The van der Waals surface area contributed by atoms with Crippen LogP contribution in [0.3, 0.4) is 0 Å². The van der Waals surface area contributed by atoms with Gasteiger partial charge in [-0.3, -0.25) is 4.98 Å². The zero-order valence-corrected chi connectivity index (χ0v) is 14.4. The first-order valence-electron chi connectivity index (χ1n) is 7.66. The van der Waals surface area contributed by atoms with Crippen molar-refractivity contribution in [1.82, 2.24) is 9.29 Å². The molecule has 0 aliphatic carbocycles. The van der Waals surface area contributed by atoms with Crippen molar-refractivity contribution >= 4 is 21.8 Å². The molecule has 0 amide bonds. The Hall–Kier alpha value is -0.630. The molecule has 22 heavy (non-hydrogen) atoms. The summed E-state index contributed by atoms with van der Waals surface area (Å²) >= 11 is 1.86. The van der Waals surface area contributed by atoms with Crippen LogP contribution < -0.4 is 0 Å². The lowest BCUT2D eigenvalue weighted by Crippen LogP contribution is -2.61. The summed E-state index contributed by atoms with van der Waals surface area (Å²) in [5.41, 5.74) is 0.939. The van der Waals surface area contributed by atoms with Crippen molar-refractivity contribution in [1.29, 1.82) is 0 Å². The van der Waals surface area contributed by atoms with Gasteiger partial charge in [-0.25, -0.2) is 8.42 Å². The molecule has 2 fully saturated rings. The number of hydrogen-bond donors (Lipinski definition) is 0. The van der Waals surface area contributed by atoms with Crippen LogP contribution in [0.4, 0.5) is 0 Å². The van der Waals surface area contributed by atoms with Gasteiger partial charge in [0, 0.05) is 29.8 Å². The van der Waals surface area contributed by atoms with Gasteiger partial charge in [-0.1, -0.05) is 13.0 Å². The maximum Gasteiger partial charge on any atom is 0.214 e. The highest BCUT2D eigenvalue weighted by Gasteiger charge is 2.52. The molecule has 1 aromatic rings. The van der Waals surface area contributed by atoms with Crippen LogP contribution in [0.25, 0.3) is 0 Å². The third-order valence-corrected chi connectivity index (χ3v) is 7.70. The number of rotatable bonds is 6. The van der Waals surface area contributed by atoms with E-state index in [2.05, 4.69) is 4.98 Å². The summed E-state index contributed by atoms with van der Waals surface area (Å²) in [5, 5.41) is 0. The molecule has 7 heteroatoms. The molecule has 5 nitrogen and oxygen atoms in total. The van der Waals surface area contributed by atoms with Crippen LogP contribution in [-0.4, -0.2) is 53.2 Å². The average Bonchev–Trinajstić information content (AvgIpc) is 2.89. The Balaban J connectivity index is 1.48. The summed E-state index contributed by atoms with van der Waals surface area (Å²) in [6.07, 6.45) is 3.58. The van der Waals surface area contributed by atoms with Crippen molar-refractivity contribution < 1.29 is 13.2 Å². The molecule has 0 bridgehead atoms. The van der Waals surface area contributed by atoms with E-state index in [0.29, 0.717) is 26.1 Å². The topological polar surface area (TPSA) is 59.5 Å². The van der Waals surface area contributed by atoms with E-state index >= 15 is 0 Å². The summed E-state index contributed by atoms with van der Waals surface area (Å²) in [6, 6.07) is 5.81. The Kier molecular flexibility index (Phi) is 4.77. The van der Waals surface area contributed by atoms with Crippen LogP contribution >= 0.6 is 11.8 Å². The normalized spacial score (nSPS) is 24.5. The summed E-state index contributed by atoms with van der Waals surface area (Å²) in [6.45, 7) is 3.71. The van der Waals surface area contributed by atoms with Crippen LogP contribution in [0.1, 0.15) is 25.5 Å². The van der Waals surface area contributed by atoms with E-state index in [1.165, 1.54) is 0 Å². The number of hydrogen-bond acceptors (Lipinski definition) is 5. The highest BCUT2D eigenvalue weighted by molar-refractivity contribution is 8.01. The van der Waals surface area contributed by atoms with E-state index in [0.717, 1.165) is 17.9 Å². The molecular formula is C15H22N2O3S2. The van der Waals surface area contributed by atoms with Gasteiger partial charge in [-0.2, -0.15) is 4.31 Å². The molecule has 0 aromatic carbocycles. The standard InChI is InChI=1S/C15H22N2O3S2/c1-2-7-22(18,19)17-11-15(12-17)8-14(10-21-15)20-9-13-5-3-4-6-16-13/h3-6,14H,2,7-12H2,1H3/t14-/m1/s1. The molecule has 3 heterocycles. The zero-order chi connectivity index (χ0) is 15.6. The minimum Gasteiger partial charge on any atom is -0.371 e. The Bertz CT molecular complexity index is 600. The molecule has 0 saturated carbocycles. The molecule has 3 rings (SSSR count). The quantitative estimate of drug-likeness (QED) is 0.790. The molecule has 1 atom stereocenters. The fourth-order valence-electron chi connectivity index (χ4n) is 3.00. The van der Waals surface area contributed by atoms with Gasteiger partial charge in [0.2, 0.25) is 10.0 Å². The second kappa shape index (κ2) is 6.47. The van der Waals surface area contributed by atoms with Crippen LogP contribution in [0, 0.1) is 0 Å². The van der Waals surface area contributed by atoms with Crippen molar-refractivity contribution in [3.63, 3.8) is 0 Å². The van der Waals surface area contributed by atoms with Crippen LogP contribution in [0.2, 0.25) is 0 Å². The van der Waals surface area contributed by atoms with Gasteiger partial charge in [0.05, 0.1) is 24.2 Å². The van der Waals surface area contributed by atoms with Crippen molar-refractivity contribution in [3.05, 3.63) is 30.1 Å². The summed E-state index contributed by atoms with van der Waals surface area (Å²) < 4.78 is 31.7. The fraction of sp³-hybridized carbons (Fsp3) is 0.667. The molecule has 2 aliphatic rings. The lowest BCUT2D eigenvalue weighted by Gasteiger charge is -2.46. The Morgan fingerprint density at radius 1 is 1.45 bits per heavy atom. The van der Waals surface area contributed by atoms with Gasteiger partial charge in [0.1, 0.15) is 0 Å². The van der Waals surface area contributed by atoms with Crippen molar-refractivity contribution in [2.45, 2.75) is 37.2 Å². The first-order chi connectivity index (χ1) is 10.5. The third-order valence-electron chi connectivity index (χ3n) is 4.15. The van der Waals surface area contributed by atoms with Gasteiger partial charge < -0.3 is 4.74 Å². The minimum absolute atomic E-state index is 0.0790. The van der Waals surface area contributed by atoms with Crippen LogP contribution in [0.5, 0.6) is 0 Å². The number of ether oxygens (including phenoxy) is 1. The monoisotopic (exact) mass is 342 g/mol. The minimum atomic E-state index is -3.04. The van der Waals surface area contributed by atoms with Crippen molar-refractivity contribution in [2.75, 3.05) is 24.6 Å². The van der Waals surface area contributed by atoms with E-state index in [9.17, 15) is 8.42 Å². The van der Waals surface area contributed by atoms with Crippen molar-refractivity contribution in [3.8, 4) is 0 Å². The summed E-state index contributed by atoms with van der Waals surface area (Å²) in [7, 11) is -3.04. The lowest BCUT2D eigenvalue weighted by atomic mass is 9.95. The predicted octanol–water partition coefficient (Wildman–Crippen LogP) is 1.90. The number of pyridine rings is 1. The largest absolute Gasteiger partial charge is 0.371 e. The Morgan fingerprint density at radius 2 is 2.27 bits per heavy atom. The molecule has 2 aliphatic heterocycles. The molecule has 2 saturated heterocycles. The van der Waals surface area contributed by atoms with Gasteiger partial charge in [-0.05, 0) is 25.0 Å². The highest BCUT2D eigenvalue weighted by atomic mass is 32.2.